The van der Waals surface area contributed by atoms with Crippen molar-refractivity contribution >= 4 is 0 Å². The van der Waals surface area contributed by atoms with Crippen molar-refractivity contribution in [1.29, 1.82) is 0 Å². The van der Waals surface area contributed by atoms with Gasteiger partial charge in [-0.3, -0.25) is 0 Å². The lowest BCUT2D eigenvalue weighted by atomic mass is 10.0. The molecule has 4 bridgehead atoms. The van der Waals surface area contributed by atoms with Crippen molar-refractivity contribution in [3.05, 3.63) is 54.0 Å². The van der Waals surface area contributed by atoms with E-state index in [1.807, 2.05) is 0 Å². The van der Waals surface area contributed by atoms with Crippen molar-refractivity contribution < 1.29 is 4.57 Å². The Morgan fingerprint density at radius 3 is 1.74 bits per heavy atom. The summed E-state index contributed by atoms with van der Waals surface area (Å²) < 4.78 is 2.44. The summed E-state index contributed by atoms with van der Waals surface area (Å²) in [5, 5.41) is 0. The van der Waals surface area contributed by atoms with E-state index in [9.17, 15) is 0 Å². The average molecular weight is 521 g/mol. The van der Waals surface area contributed by atoms with Crippen molar-refractivity contribution in [2.75, 3.05) is 13.1 Å². The third-order valence-electron chi connectivity index (χ3n) is 8.70. The van der Waals surface area contributed by atoms with E-state index in [1.54, 1.807) is 5.57 Å². The highest BCUT2D eigenvalue weighted by atomic mass is 15.1. The Morgan fingerprint density at radius 2 is 1.11 bits per heavy atom. The summed E-state index contributed by atoms with van der Waals surface area (Å²) in [6.07, 6.45) is 46.2. The van der Waals surface area contributed by atoms with Crippen LogP contribution >= 0.6 is 0 Å². The van der Waals surface area contributed by atoms with Gasteiger partial charge in [0.15, 0.2) is 12.4 Å². The number of aryl methyl sites for hydroxylation is 2. The lowest BCUT2D eigenvalue weighted by Crippen LogP contribution is -2.33. The van der Waals surface area contributed by atoms with Crippen LogP contribution < -0.4 is 4.57 Å². The highest BCUT2D eigenvalue weighted by molar-refractivity contribution is 5.16. The molecule has 1 aromatic heterocycles. The fraction of sp³-hybridized carbons (Fsp3) is 0.750. The van der Waals surface area contributed by atoms with Gasteiger partial charge in [0.2, 0.25) is 0 Å². The quantitative estimate of drug-likeness (QED) is 0.244. The van der Waals surface area contributed by atoms with Gasteiger partial charge in [0.05, 0.1) is 0 Å². The van der Waals surface area contributed by atoms with Gasteiger partial charge in [-0.05, 0) is 44.7 Å². The van der Waals surface area contributed by atoms with Crippen LogP contribution in [0.3, 0.4) is 0 Å². The Hall–Kier alpha value is -1.57. The Morgan fingerprint density at radius 1 is 0.579 bits per heavy atom. The van der Waals surface area contributed by atoms with Gasteiger partial charge in [0.1, 0.15) is 6.54 Å². The Kier molecular flexibility index (Phi) is 17.3. The first-order chi connectivity index (χ1) is 18.9. The number of nitrogens with zero attached hydrogens (tertiary/aromatic N) is 2. The lowest BCUT2D eigenvalue weighted by Gasteiger charge is -2.32. The minimum Gasteiger partial charge on any atom is -0.462 e. The number of hydrogen-bond donors (Lipinski definition) is 0. The van der Waals surface area contributed by atoms with Gasteiger partial charge in [0, 0.05) is 24.6 Å². The average Bonchev–Trinajstić information content (AvgIpc) is 2.94. The summed E-state index contributed by atoms with van der Waals surface area (Å²) in [6, 6.07) is 4.59. The molecule has 214 valence electrons. The highest BCUT2D eigenvalue weighted by Gasteiger charge is 2.04. The zero-order chi connectivity index (χ0) is 26.4. The van der Waals surface area contributed by atoms with Crippen molar-refractivity contribution in [3.8, 4) is 0 Å². The maximum atomic E-state index is 3.47. The Bertz CT molecular complexity index is 764. The van der Waals surface area contributed by atoms with Gasteiger partial charge < -0.3 is 4.90 Å². The number of fused-ring (bicyclic) bond motifs is 4. The molecular weight excluding hydrogens is 460 g/mol. The zero-order valence-electron chi connectivity index (χ0n) is 25.0. The summed E-state index contributed by atoms with van der Waals surface area (Å²) in [7, 11) is 0. The molecule has 2 heteroatoms. The smallest absolute Gasteiger partial charge is 0.171 e. The maximum Gasteiger partial charge on any atom is 0.171 e. The third-order valence-corrected chi connectivity index (χ3v) is 8.70. The molecule has 1 aromatic rings. The van der Waals surface area contributed by atoms with Crippen LogP contribution in [-0.4, -0.2) is 18.0 Å². The molecule has 0 aliphatic carbocycles. The molecule has 0 saturated carbocycles. The fourth-order valence-corrected chi connectivity index (χ4v) is 6.23. The second-order valence-corrected chi connectivity index (χ2v) is 12.3. The number of pyridine rings is 1. The van der Waals surface area contributed by atoms with Gasteiger partial charge >= 0.3 is 0 Å². The largest absolute Gasteiger partial charge is 0.462 e. The van der Waals surface area contributed by atoms with Crippen LogP contribution in [0.15, 0.2) is 42.3 Å². The summed E-state index contributed by atoms with van der Waals surface area (Å²) >= 11 is 0. The molecule has 0 fully saturated rings. The van der Waals surface area contributed by atoms with Crippen LogP contribution in [0, 0.1) is 6.20 Å². The van der Waals surface area contributed by atoms with Gasteiger partial charge in [-0.2, -0.15) is 6.20 Å². The van der Waals surface area contributed by atoms with Crippen LogP contribution in [0.1, 0.15) is 153 Å². The van der Waals surface area contributed by atoms with Gasteiger partial charge in [-0.1, -0.05) is 116 Å². The third kappa shape index (κ3) is 15.1. The predicted octanol–water partition coefficient (Wildman–Crippen LogP) is 10.1. The zero-order valence-corrected chi connectivity index (χ0v) is 25.0. The SMILES string of the molecule is [C-]1=CC=C2CCCCCCCCCCCCCC[n+]3cccc(c3)CCCCCCCCCCCCN1C2. The topological polar surface area (TPSA) is 7.12 Å². The first-order valence-corrected chi connectivity index (χ1v) is 16.9. The molecule has 38 heavy (non-hydrogen) atoms. The summed E-state index contributed by atoms with van der Waals surface area (Å²) in [6.45, 7) is 3.51. The molecule has 0 amide bonds. The lowest BCUT2D eigenvalue weighted by molar-refractivity contribution is -0.697. The van der Waals surface area contributed by atoms with E-state index >= 15 is 0 Å². The van der Waals surface area contributed by atoms with Gasteiger partial charge in [-0.15, -0.1) is 5.57 Å². The van der Waals surface area contributed by atoms with Crippen molar-refractivity contribution in [2.24, 2.45) is 0 Å². The van der Waals surface area contributed by atoms with E-state index in [4.69, 9.17) is 0 Å². The Balaban J connectivity index is 1.32. The van der Waals surface area contributed by atoms with E-state index in [2.05, 4.69) is 52.3 Å². The second-order valence-electron chi connectivity index (χ2n) is 12.3. The standard InChI is InChI=1S/C36H60N2/c1-2-5-9-13-17-21-29-37-31-24-28-36(34-37)26-20-16-12-8-4-6-10-14-18-22-30-38-32-23-27-35(33-38)25-19-15-11-7-3-1/h23-24,27-28,31,34H,1-22,25-26,29-30,33H2. The summed E-state index contributed by atoms with van der Waals surface area (Å²) in [4.78, 5) is 2.44. The van der Waals surface area contributed by atoms with E-state index in [0.29, 0.717) is 0 Å². The van der Waals surface area contributed by atoms with Gasteiger partial charge in [-0.25, -0.2) is 16.7 Å². The van der Waals surface area contributed by atoms with Crippen LogP contribution in [0.5, 0.6) is 0 Å². The summed E-state index contributed by atoms with van der Waals surface area (Å²) in [5.41, 5.74) is 3.16. The molecule has 2 aliphatic heterocycles. The van der Waals surface area contributed by atoms with Crippen molar-refractivity contribution in [2.45, 2.75) is 161 Å². The molecule has 2 aliphatic rings. The first kappa shape index (κ1) is 31.0. The van der Waals surface area contributed by atoms with Crippen LogP contribution in [0.4, 0.5) is 0 Å². The molecule has 0 spiro atoms. The molecule has 3 rings (SSSR count). The molecule has 3 heterocycles. The normalized spacial score (nSPS) is 22.0. The van der Waals surface area contributed by atoms with Gasteiger partial charge in [0.25, 0.3) is 0 Å². The van der Waals surface area contributed by atoms with E-state index in [1.165, 1.54) is 173 Å². The predicted molar refractivity (Wildman–Crippen MR) is 164 cm³/mol. The van der Waals surface area contributed by atoms with E-state index in [0.717, 1.165) is 6.54 Å². The number of rotatable bonds is 0. The molecule has 0 unspecified atom stereocenters. The van der Waals surface area contributed by atoms with Crippen molar-refractivity contribution in [3.63, 3.8) is 0 Å². The molecule has 0 aromatic carbocycles. The van der Waals surface area contributed by atoms with Crippen molar-refractivity contribution in [1.82, 2.24) is 4.90 Å². The number of aromatic nitrogens is 1. The summed E-state index contributed by atoms with van der Waals surface area (Å²) in [5.74, 6) is 0. The van der Waals surface area contributed by atoms with Crippen LogP contribution in [0.25, 0.3) is 0 Å². The monoisotopic (exact) mass is 520 g/mol. The molecule has 0 atom stereocenters. The number of allylic oxidation sites excluding steroid dienone is 2. The Labute approximate surface area is 237 Å². The molecule has 2 nitrogen and oxygen atoms in total. The van der Waals surface area contributed by atoms with Crippen LogP contribution in [0.2, 0.25) is 0 Å². The molecular formula is C36H60N2. The maximum absolute atomic E-state index is 3.47. The van der Waals surface area contributed by atoms with E-state index < -0.39 is 0 Å². The fourth-order valence-electron chi connectivity index (χ4n) is 6.23. The molecule has 0 saturated heterocycles. The highest BCUT2D eigenvalue weighted by Crippen LogP contribution is 2.18. The first-order valence-electron chi connectivity index (χ1n) is 16.9. The second kappa shape index (κ2) is 21.3. The molecule has 0 radical (unpaired) electrons. The minimum absolute atomic E-state index is 1.13. The minimum atomic E-state index is 1.13. The number of hydrogen-bond acceptors (Lipinski definition) is 1. The molecule has 0 N–H and O–H groups in total. The van der Waals surface area contributed by atoms with Crippen LogP contribution in [-0.2, 0) is 13.0 Å². The van der Waals surface area contributed by atoms with E-state index in [-0.39, 0.29) is 0 Å².